The van der Waals surface area contributed by atoms with E-state index in [4.69, 9.17) is 10.5 Å². The van der Waals surface area contributed by atoms with Crippen molar-refractivity contribution < 1.29 is 13.9 Å². The minimum Gasteiger partial charge on any atom is -0.371 e. The van der Waals surface area contributed by atoms with Crippen LogP contribution >= 0.6 is 0 Å². The zero-order chi connectivity index (χ0) is 17.0. The Morgan fingerprint density at radius 3 is 2.48 bits per heavy atom. The molecule has 0 saturated heterocycles. The van der Waals surface area contributed by atoms with E-state index in [1.165, 1.54) is 24.3 Å². The lowest BCUT2D eigenvalue weighted by Gasteiger charge is -2.34. The molecule has 0 heterocycles. The van der Waals surface area contributed by atoms with E-state index in [1.807, 2.05) is 6.08 Å². The summed E-state index contributed by atoms with van der Waals surface area (Å²) in [6.07, 6.45) is 4.33. The molecular formula is C19H26FNO2. The number of ether oxygens (including phenoxy) is 1. The first-order valence-corrected chi connectivity index (χ1v) is 8.38. The molecule has 1 aromatic rings. The first-order chi connectivity index (χ1) is 11.0. The van der Waals surface area contributed by atoms with Crippen molar-refractivity contribution in [3.63, 3.8) is 0 Å². The monoisotopic (exact) mass is 319 g/mol. The van der Waals surface area contributed by atoms with Crippen molar-refractivity contribution in [2.24, 2.45) is 11.7 Å². The third kappa shape index (κ3) is 4.27. The van der Waals surface area contributed by atoms with Gasteiger partial charge in [0.1, 0.15) is 5.82 Å². The van der Waals surface area contributed by atoms with Gasteiger partial charge in [-0.15, -0.1) is 0 Å². The zero-order valence-corrected chi connectivity index (χ0v) is 14.1. The van der Waals surface area contributed by atoms with Crippen molar-refractivity contribution in [2.45, 2.75) is 58.3 Å². The summed E-state index contributed by atoms with van der Waals surface area (Å²) in [5.41, 5.74) is 7.38. The van der Waals surface area contributed by atoms with Gasteiger partial charge in [0.25, 0.3) is 0 Å². The van der Waals surface area contributed by atoms with Crippen LogP contribution in [0.3, 0.4) is 0 Å². The maximum Gasteiger partial charge on any atom is 0.188 e. The average molecular weight is 319 g/mol. The SMILES string of the molecule is CCC(CC)O[C@@H]1C=C(C(=O)c2ccc(F)cc2)C[C@H](N)[C@H]1C. The average Bonchev–Trinajstić information content (AvgIpc) is 2.56. The molecule has 0 spiro atoms. The molecule has 0 aliphatic heterocycles. The number of benzene rings is 1. The Morgan fingerprint density at radius 1 is 1.30 bits per heavy atom. The number of carbonyl (C=O) groups is 1. The van der Waals surface area contributed by atoms with Crippen LogP contribution in [0.2, 0.25) is 0 Å². The van der Waals surface area contributed by atoms with Crippen LogP contribution in [0.1, 0.15) is 50.4 Å². The standard InChI is InChI=1S/C19H26FNO2/c1-4-16(5-2)23-18-11-14(10-17(21)12(18)3)19(22)13-6-8-15(20)9-7-13/h6-9,11-12,16-18H,4-5,10,21H2,1-3H3/t12-,17+,18-/m1/s1. The molecule has 2 N–H and O–H groups in total. The molecule has 126 valence electrons. The largest absolute Gasteiger partial charge is 0.371 e. The van der Waals surface area contributed by atoms with Gasteiger partial charge in [-0.05, 0) is 49.6 Å². The second-order valence-corrected chi connectivity index (χ2v) is 6.29. The number of rotatable bonds is 6. The predicted molar refractivity (Wildman–Crippen MR) is 89.8 cm³/mol. The third-order valence-corrected chi connectivity index (χ3v) is 4.67. The fraction of sp³-hybridized carbons (Fsp3) is 0.526. The summed E-state index contributed by atoms with van der Waals surface area (Å²) in [7, 11) is 0. The molecular weight excluding hydrogens is 293 g/mol. The fourth-order valence-electron chi connectivity index (χ4n) is 2.92. The van der Waals surface area contributed by atoms with Crippen LogP contribution < -0.4 is 5.73 Å². The highest BCUT2D eigenvalue weighted by molar-refractivity contribution is 6.08. The summed E-state index contributed by atoms with van der Waals surface area (Å²) in [6, 6.07) is 5.52. The van der Waals surface area contributed by atoms with Gasteiger partial charge in [-0.2, -0.15) is 0 Å². The first kappa shape index (κ1) is 17.8. The molecule has 3 nitrogen and oxygen atoms in total. The maximum absolute atomic E-state index is 13.0. The Labute approximate surface area is 137 Å². The van der Waals surface area contributed by atoms with Gasteiger partial charge < -0.3 is 10.5 Å². The Bertz CT molecular complexity index is 563. The van der Waals surface area contributed by atoms with Crippen LogP contribution in [-0.2, 0) is 4.74 Å². The molecule has 3 atom stereocenters. The highest BCUT2D eigenvalue weighted by atomic mass is 19.1. The predicted octanol–water partition coefficient (Wildman–Crippen LogP) is 3.88. The van der Waals surface area contributed by atoms with E-state index in [-0.39, 0.29) is 35.8 Å². The van der Waals surface area contributed by atoms with Crippen LogP contribution in [-0.4, -0.2) is 24.0 Å². The molecule has 0 saturated carbocycles. The number of ketones is 1. The Kier molecular flexibility index (Phi) is 6.08. The summed E-state index contributed by atoms with van der Waals surface area (Å²) < 4.78 is 19.2. The van der Waals surface area contributed by atoms with E-state index in [0.29, 0.717) is 17.6 Å². The summed E-state index contributed by atoms with van der Waals surface area (Å²) in [5.74, 6) is -0.273. The van der Waals surface area contributed by atoms with Crippen molar-refractivity contribution in [3.8, 4) is 0 Å². The van der Waals surface area contributed by atoms with E-state index in [0.717, 1.165) is 12.8 Å². The number of hydrogen-bond donors (Lipinski definition) is 1. The molecule has 4 heteroatoms. The number of Topliss-reactive ketones (excluding diaryl/α,β-unsaturated/α-hetero) is 1. The molecule has 2 rings (SSSR count). The fourth-order valence-corrected chi connectivity index (χ4v) is 2.92. The number of halogens is 1. The highest BCUT2D eigenvalue weighted by Gasteiger charge is 2.32. The quantitative estimate of drug-likeness (QED) is 0.810. The van der Waals surface area contributed by atoms with Crippen LogP contribution in [0.5, 0.6) is 0 Å². The van der Waals surface area contributed by atoms with Crippen molar-refractivity contribution >= 4 is 5.78 Å². The summed E-state index contributed by atoms with van der Waals surface area (Å²) >= 11 is 0. The van der Waals surface area contributed by atoms with Gasteiger partial charge in [0.05, 0.1) is 12.2 Å². The minimum absolute atomic E-state index is 0.0921. The Balaban J connectivity index is 2.22. The van der Waals surface area contributed by atoms with E-state index in [2.05, 4.69) is 20.8 Å². The first-order valence-electron chi connectivity index (χ1n) is 8.38. The van der Waals surface area contributed by atoms with Gasteiger partial charge >= 0.3 is 0 Å². The number of hydrogen-bond acceptors (Lipinski definition) is 3. The zero-order valence-electron chi connectivity index (χ0n) is 14.1. The normalized spacial score (nSPS) is 24.6. The van der Waals surface area contributed by atoms with Crippen molar-refractivity contribution in [1.82, 2.24) is 0 Å². The molecule has 1 aliphatic rings. The molecule has 0 fully saturated rings. The van der Waals surface area contributed by atoms with E-state index in [1.54, 1.807) is 0 Å². The van der Waals surface area contributed by atoms with E-state index in [9.17, 15) is 9.18 Å². The molecule has 23 heavy (non-hydrogen) atoms. The minimum atomic E-state index is -0.348. The molecule has 1 aromatic carbocycles. The third-order valence-electron chi connectivity index (χ3n) is 4.67. The van der Waals surface area contributed by atoms with Crippen LogP contribution in [0.15, 0.2) is 35.9 Å². The molecule has 0 bridgehead atoms. The van der Waals surface area contributed by atoms with Gasteiger partial charge in [0, 0.05) is 23.1 Å². The molecule has 0 radical (unpaired) electrons. The summed E-state index contributed by atoms with van der Waals surface area (Å²) in [6.45, 7) is 6.25. The topological polar surface area (TPSA) is 52.3 Å². The Hall–Kier alpha value is -1.52. The van der Waals surface area contributed by atoms with Gasteiger partial charge in [-0.3, -0.25) is 4.79 Å². The highest BCUT2D eigenvalue weighted by Crippen LogP contribution is 2.29. The van der Waals surface area contributed by atoms with Crippen LogP contribution in [0, 0.1) is 11.7 Å². The lowest BCUT2D eigenvalue weighted by molar-refractivity contribution is -0.0247. The van der Waals surface area contributed by atoms with Gasteiger partial charge in [-0.1, -0.05) is 20.8 Å². The Morgan fingerprint density at radius 2 is 1.91 bits per heavy atom. The lowest BCUT2D eigenvalue weighted by atomic mass is 9.82. The molecule has 1 aliphatic carbocycles. The summed E-state index contributed by atoms with van der Waals surface area (Å²) in [4.78, 5) is 12.6. The van der Waals surface area contributed by atoms with Gasteiger partial charge in [-0.25, -0.2) is 4.39 Å². The summed E-state index contributed by atoms with van der Waals surface area (Å²) in [5, 5.41) is 0. The molecule has 0 unspecified atom stereocenters. The van der Waals surface area contributed by atoms with Gasteiger partial charge in [0.15, 0.2) is 5.78 Å². The molecule has 0 aromatic heterocycles. The van der Waals surface area contributed by atoms with Crippen molar-refractivity contribution in [2.75, 3.05) is 0 Å². The van der Waals surface area contributed by atoms with Crippen LogP contribution in [0.25, 0.3) is 0 Å². The smallest absolute Gasteiger partial charge is 0.188 e. The number of carbonyl (C=O) groups excluding carboxylic acids is 1. The maximum atomic E-state index is 13.0. The van der Waals surface area contributed by atoms with Crippen molar-refractivity contribution in [3.05, 3.63) is 47.3 Å². The molecule has 0 amide bonds. The van der Waals surface area contributed by atoms with E-state index >= 15 is 0 Å². The lowest BCUT2D eigenvalue weighted by Crippen LogP contribution is -2.42. The van der Waals surface area contributed by atoms with E-state index < -0.39 is 0 Å². The van der Waals surface area contributed by atoms with Gasteiger partial charge in [0.2, 0.25) is 0 Å². The second kappa shape index (κ2) is 7.84. The number of nitrogens with two attached hydrogens (primary N) is 1. The van der Waals surface area contributed by atoms with Crippen LogP contribution in [0.4, 0.5) is 4.39 Å². The van der Waals surface area contributed by atoms with Crippen molar-refractivity contribution in [1.29, 1.82) is 0 Å². The second-order valence-electron chi connectivity index (χ2n) is 6.29.